The highest BCUT2D eigenvalue weighted by Crippen LogP contribution is 2.17. The van der Waals surface area contributed by atoms with Crippen LogP contribution in [-0.2, 0) is 16.1 Å². The summed E-state index contributed by atoms with van der Waals surface area (Å²) in [6.07, 6.45) is 5.47. The summed E-state index contributed by atoms with van der Waals surface area (Å²) in [4.78, 5) is 27.1. The molecular weight excluding hydrogens is 464 g/mol. The average Bonchev–Trinajstić information content (AvgIpc) is 3.49. The van der Waals surface area contributed by atoms with E-state index in [2.05, 4.69) is 28.3 Å². The zero-order valence-electron chi connectivity index (χ0n) is 19.7. The molecule has 182 valence electrons. The minimum absolute atomic E-state index is 0.0190. The fraction of sp³-hybridized carbons (Fsp3) is 0.346. The molecule has 1 aromatic heterocycles. The van der Waals surface area contributed by atoms with Crippen molar-refractivity contribution in [2.75, 3.05) is 38.2 Å². The molecule has 1 aliphatic rings. The lowest BCUT2D eigenvalue weighted by Crippen LogP contribution is -2.30. The van der Waals surface area contributed by atoms with Crippen LogP contribution in [0.2, 0.25) is 0 Å². The molecule has 0 unspecified atom stereocenters. The first-order valence-electron chi connectivity index (χ1n) is 11.4. The summed E-state index contributed by atoms with van der Waals surface area (Å²) in [5, 5.41) is 12.4. The van der Waals surface area contributed by atoms with Gasteiger partial charge in [0.2, 0.25) is 0 Å². The number of hydrogen-bond donors (Lipinski definition) is 1. The Morgan fingerprint density at radius 2 is 2.14 bits per heavy atom. The van der Waals surface area contributed by atoms with E-state index in [9.17, 15) is 14.9 Å². The molecule has 0 radical (unpaired) electrons. The molecule has 9 heteroatoms. The van der Waals surface area contributed by atoms with Crippen LogP contribution in [-0.4, -0.2) is 48.3 Å². The topological polar surface area (TPSA) is 96.6 Å². The summed E-state index contributed by atoms with van der Waals surface area (Å²) in [6.45, 7) is 9.42. The average molecular weight is 493 g/mol. The number of carbonyl (C=O) groups is 1. The van der Waals surface area contributed by atoms with E-state index in [-0.39, 0.29) is 17.7 Å². The number of nitriles is 1. The van der Waals surface area contributed by atoms with Gasteiger partial charge in [-0.05, 0) is 45.0 Å². The van der Waals surface area contributed by atoms with Crippen molar-refractivity contribution in [1.29, 1.82) is 5.26 Å². The van der Waals surface area contributed by atoms with Gasteiger partial charge in [0.15, 0.2) is 5.57 Å². The van der Waals surface area contributed by atoms with Crippen LogP contribution in [0.15, 0.2) is 53.5 Å². The molecule has 0 bridgehead atoms. The van der Waals surface area contributed by atoms with Crippen LogP contribution in [0.5, 0.6) is 5.75 Å². The summed E-state index contributed by atoms with van der Waals surface area (Å²) in [7, 11) is 0. The maximum absolute atomic E-state index is 12.7. The first-order chi connectivity index (χ1) is 17.0. The predicted octanol–water partition coefficient (Wildman–Crippen LogP) is 1.97. The van der Waals surface area contributed by atoms with Gasteiger partial charge in [-0.2, -0.15) is 5.26 Å². The highest BCUT2D eigenvalue weighted by atomic mass is 32.1. The zero-order valence-corrected chi connectivity index (χ0v) is 20.5. The number of anilines is 1. The van der Waals surface area contributed by atoms with Gasteiger partial charge in [-0.1, -0.05) is 41.5 Å². The van der Waals surface area contributed by atoms with Crippen LogP contribution >= 0.6 is 11.3 Å². The van der Waals surface area contributed by atoms with Crippen LogP contribution in [0.1, 0.15) is 19.8 Å². The Labute approximate surface area is 208 Å². The van der Waals surface area contributed by atoms with Crippen LogP contribution in [0.25, 0.3) is 11.5 Å². The van der Waals surface area contributed by atoms with Crippen LogP contribution in [0.4, 0.5) is 5.69 Å². The molecule has 2 heterocycles. The van der Waals surface area contributed by atoms with E-state index in [1.807, 2.05) is 24.3 Å². The Bertz CT molecular complexity index is 1350. The van der Waals surface area contributed by atoms with E-state index in [1.165, 1.54) is 23.5 Å². The Kier molecular flexibility index (Phi) is 9.73. The van der Waals surface area contributed by atoms with Gasteiger partial charge in [-0.25, -0.2) is 4.79 Å². The number of benzene rings is 1. The monoisotopic (exact) mass is 492 g/mol. The molecule has 0 aliphatic carbocycles. The smallest absolute Gasteiger partial charge is 0.357 e. The second-order valence-electron chi connectivity index (χ2n) is 7.64. The molecule has 8 nitrogen and oxygen atoms in total. The van der Waals surface area contributed by atoms with Crippen molar-refractivity contribution in [3.05, 3.63) is 68.2 Å². The third-order valence-electron chi connectivity index (χ3n) is 5.23. The maximum Gasteiger partial charge on any atom is 0.357 e. The van der Waals surface area contributed by atoms with Crippen molar-refractivity contribution in [3.8, 4) is 11.8 Å². The van der Waals surface area contributed by atoms with Gasteiger partial charge in [-0.3, -0.25) is 14.3 Å². The first kappa shape index (κ1) is 25.8. The van der Waals surface area contributed by atoms with E-state index in [0.717, 1.165) is 42.4 Å². The third-order valence-corrected chi connectivity index (χ3v) is 6.24. The molecule has 0 saturated carbocycles. The zero-order chi connectivity index (χ0) is 25.0. The summed E-state index contributed by atoms with van der Waals surface area (Å²) in [5.41, 5.74) is 5.86. The fourth-order valence-corrected chi connectivity index (χ4v) is 4.46. The second-order valence-corrected chi connectivity index (χ2v) is 8.64. The quantitative estimate of drug-likeness (QED) is 0.234. The van der Waals surface area contributed by atoms with Gasteiger partial charge in [0.25, 0.3) is 5.56 Å². The Morgan fingerprint density at radius 3 is 2.86 bits per heavy atom. The first-order valence-corrected chi connectivity index (χ1v) is 12.2. The fourth-order valence-electron chi connectivity index (χ4n) is 3.48. The minimum atomic E-state index is -0.818. The molecular formula is C26H28N4O4S. The van der Waals surface area contributed by atoms with E-state index in [4.69, 9.17) is 9.47 Å². The second kappa shape index (κ2) is 13.2. The van der Waals surface area contributed by atoms with Crippen LogP contribution in [0, 0.1) is 11.3 Å². The van der Waals surface area contributed by atoms with Gasteiger partial charge in [0.05, 0.1) is 0 Å². The summed E-state index contributed by atoms with van der Waals surface area (Å²) >= 11 is 1.08. The van der Waals surface area contributed by atoms with Gasteiger partial charge >= 0.3 is 5.97 Å². The molecule has 0 atom stereocenters. The van der Waals surface area contributed by atoms with Crippen molar-refractivity contribution in [2.45, 2.75) is 26.3 Å². The molecule has 1 N–H and O–H groups in total. The highest BCUT2D eigenvalue weighted by Gasteiger charge is 2.11. The Balaban J connectivity index is 1.80. The number of nitrogens with zero attached hydrogens (tertiary/aromatic N) is 3. The number of carbonyl (C=O) groups excluding carboxylic acids is 1. The lowest BCUT2D eigenvalue weighted by molar-refractivity contribution is -0.137. The molecule has 2 aromatic rings. The molecule has 1 aliphatic heterocycles. The number of aromatic nitrogens is 1. The molecule has 1 saturated heterocycles. The van der Waals surface area contributed by atoms with Gasteiger partial charge in [0, 0.05) is 31.0 Å². The predicted molar refractivity (Wildman–Crippen MR) is 136 cm³/mol. The summed E-state index contributed by atoms with van der Waals surface area (Å²) < 4.78 is 12.8. The van der Waals surface area contributed by atoms with Gasteiger partial charge in [0.1, 0.15) is 34.2 Å². The number of ether oxygens (including phenoxy) is 2. The highest BCUT2D eigenvalue weighted by molar-refractivity contribution is 7.07. The van der Waals surface area contributed by atoms with Crippen LogP contribution < -0.4 is 24.8 Å². The van der Waals surface area contributed by atoms with E-state index < -0.39 is 5.97 Å². The number of rotatable bonds is 10. The number of esters is 1. The molecule has 35 heavy (non-hydrogen) atoms. The van der Waals surface area contributed by atoms with Crippen LogP contribution in [0.3, 0.4) is 0 Å². The number of nitrogens with one attached hydrogen (secondary N) is 1. The van der Waals surface area contributed by atoms with Crippen molar-refractivity contribution in [2.24, 2.45) is 0 Å². The number of likely N-dealkylation sites (tertiary alicyclic amines) is 1. The van der Waals surface area contributed by atoms with Crippen molar-refractivity contribution < 1.29 is 14.3 Å². The molecule has 0 spiro atoms. The number of hydrogen-bond acceptors (Lipinski definition) is 8. The molecule has 1 aromatic carbocycles. The SMILES string of the molecule is C=CCOC(=O)C(=C=c1sc(=C=CNc2cccc(OCCN3CCCC3)c2)c(=O)n1CC)C#N. The molecule has 3 rings (SSSR count). The summed E-state index contributed by atoms with van der Waals surface area (Å²) in [6, 6.07) is 9.35. The lowest BCUT2D eigenvalue weighted by Gasteiger charge is -2.15. The van der Waals surface area contributed by atoms with Gasteiger partial charge < -0.3 is 14.8 Å². The molecule has 1 fully saturated rings. The van der Waals surface area contributed by atoms with Crippen molar-refractivity contribution in [3.63, 3.8) is 0 Å². The number of thiazole rings is 1. The minimum Gasteiger partial charge on any atom is -0.492 e. The maximum atomic E-state index is 12.7. The third kappa shape index (κ3) is 7.35. The van der Waals surface area contributed by atoms with Crippen molar-refractivity contribution in [1.82, 2.24) is 9.47 Å². The normalized spacial score (nSPS) is 12.7. The largest absolute Gasteiger partial charge is 0.492 e. The lowest BCUT2D eigenvalue weighted by atomic mass is 10.3. The standard InChI is InChI=1S/C26H28N4O4S/c1-3-15-34-26(32)20(19-27)17-24-30(4-2)25(31)23(35-24)10-11-28-21-8-7-9-22(18-21)33-16-14-29-12-5-6-13-29/h3,7-9,11,18,28H,1,4-6,12-16H2,2H3. The summed E-state index contributed by atoms with van der Waals surface area (Å²) in [5.74, 6) is -0.0531. The Hall–Kier alpha value is -3.79. The van der Waals surface area contributed by atoms with E-state index in [0.29, 0.717) is 22.3 Å². The van der Waals surface area contributed by atoms with Gasteiger partial charge in [-0.15, -0.1) is 0 Å². The van der Waals surface area contributed by atoms with Crippen molar-refractivity contribution >= 4 is 34.5 Å². The van der Waals surface area contributed by atoms with E-state index >= 15 is 0 Å². The molecule has 0 amide bonds. The van der Waals surface area contributed by atoms with E-state index in [1.54, 1.807) is 19.2 Å². The Morgan fingerprint density at radius 1 is 1.34 bits per heavy atom.